The highest BCUT2D eigenvalue weighted by atomic mass is 32.2. The first-order valence-corrected chi connectivity index (χ1v) is 8.18. The van der Waals surface area contributed by atoms with Crippen molar-refractivity contribution in [2.24, 2.45) is 0 Å². The Bertz CT molecular complexity index is 458. The van der Waals surface area contributed by atoms with E-state index in [4.69, 9.17) is 0 Å². The SMILES string of the molecule is CC(C)Sc1ccc(C(=O)N2CCNC(C)C2C)cc1. The van der Waals surface area contributed by atoms with E-state index in [1.807, 2.05) is 40.9 Å². The first kappa shape index (κ1) is 15.4. The normalized spacial score (nSPS) is 23.1. The average molecular weight is 292 g/mol. The van der Waals surface area contributed by atoms with E-state index in [0.717, 1.165) is 18.7 Å². The van der Waals surface area contributed by atoms with Crippen LogP contribution in [-0.4, -0.2) is 41.2 Å². The summed E-state index contributed by atoms with van der Waals surface area (Å²) < 4.78 is 0. The molecule has 1 heterocycles. The fourth-order valence-corrected chi connectivity index (χ4v) is 3.29. The lowest BCUT2D eigenvalue weighted by Crippen LogP contribution is -2.57. The molecule has 0 spiro atoms. The lowest BCUT2D eigenvalue weighted by atomic mass is 10.1. The first-order chi connectivity index (χ1) is 9.49. The van der Waals surface area contributed by atoms with Gasteiger partial charge in [0, 0.05) is 40.9 Å². The van der Waals surface area contributed by atoms with Crippen LogP contribution in [-0.2, 0) is 0 Å². The molecule has 1 amide bonds. The molecule has 1 aliphatic heterocycles. The molecule has 2 rings (SSSR count). The lowest BCUT2D eigenvalue weighted by molar-refractivity contribution is 0.0603. The van der Waals surface area contributed by atoms with Crippen LogP contribution in [0.1, 0.15) is 38.1 Å². The van der Waals surface area contributed by atoms with Crippen LogP contribution in [0, 0.1) is 0 Å². The molecule has 20 heavy (non-hydrogen) atoms. The van der Waals surface area contributed by atoms with Gasteiger partial charge in [0.05, 0.1) is 0 Å². The summed E-state index contributed by atoms with van der Waals surface area (Å²) in [5, 5.41) is 3.96. The van der Waals surface area contributed by atoms with Gasteiger partial charge in [-0.25, -0.2) is 0 Å². The molecule has 1 fully saturated rings. The highest BCUT2D eigenvalue weighted by molar-refractivity contribution is 7.99. The quantitative estimate of drug-likeness (QED) is 0.869. The molecule has 4 heteroatoms. The average Bonchev–Trinajstić information content (AvgIpc) is 2.41. The fraction of sp³-hybridized carbons (Fsp3) is 0.562. The summed E-state index contributed by atoms with van der Waals surface area (Å²) in [6, 6.07) is 8.59. The Labute approximate surface area is 126 Å². The number of nitrogens with one attached hydrogen (secondary N) is 1. The van der Waals surface area contributed by atoms with Crippen molar-refractivity contribution in [2.45, 2.75) is 49.9 Å². The standard InChI is InChI=1S/C16H24N2OS/c1-11(2)20-15-7-5-14(6-8-15)16(19)18-10-9-17-12(3)13(18)4/h5-8,11-13,17H,9-10H2,1-4H3. The van der Waals surface area contributed by atoms with Gasteiger partial charge < -0.3 is 10.2 Å². The van der Waals surface area contributed by atoms with E-state index in [-0.39, 0.29) is 11.9 Å². The monoisotopic (exact) mass is 292 g/mol. The van der Waals surface area contributed by atoms with Crippen LogP contribution in [0.25, 0.3) is 0 Å². The minimum Gasteiger partial charge on any atom is -0.333 e. The lowest BCUT2D eigenvalue weighted by Gasteiger charge is -2.38. The number of thioether (sulfide) groups is 1. The van der Waals surface area contributed by atoms with E-state index in [2.05, 4.69) is 33.0 Å². The molecule has 1 aliphatic rings. The molecule has 110 valence electrons. The van der Waals surface area contributed by atoms with Gasteiger partial charge in [0.15, 0.2) is 0 Å². The van der Waals surface area contributed by atoms with Gasteiger partial charge in [0.1, 0.15) is 0 Å². The van der Waals surface area contributed by atoms with E-state index in [9.17, 15) is 4.79 Å². The molecular formula is C16H24N2OS. The predicted molar refractivity (Wildman–Crippen MR) is 85.4 cm³/mol. The number of piperazine rings is 1. The van der Waals surface area contributed by atoms with Gasteiger partial charge in [-0.3, -0.25) is 4.79 Å². The third-order valence-corrected chi connectivity index (χ3v) is 4.78. The topological polar surface area (TPSA) is 32.3 Å². The van der Waals surface area contributed by atoms with Gasteiger partial charge in [0.25, 0.3) is 5.91 Å². The van der Waals surface area contributed by atoms with Crippen molar-refractivity contribution in [3.63, 3.8) is 0 Å². The number of carbonyl (C=O) groups excluding carboxylic acids is 1. The molecule has 1 saturated heterocycles. The van der Waals surface area contributed by atoms with Gasteiger partial charge in [-0.2, -0.15) is 0 Å². The van der Waals surface area contributed by atoms with Crippen molar-refractivity contribution in [1.29, 1.82) is 0 Å². The fourth-order valence-electron chi connectivity index (χ4n) is 2.46. The second-order valence-electron chi connectivity index (χ2n) is 5.67. The van der Waals surface area contributed by atoms with Gasteiger partial charge >= 0.3 is 0 Å². The van der Waals surface area contributed by atoms with Crippen LogP contribution in [0.2, 0.25) is 0 Å². The number of amides is 1. The largest absolute Gasteiger partial charge is 0.333 e. The summed E-state index contributed by atoms with van der Waals surface area (Å²) in [6.45, 7) is 10.2. The van der Waals surface area contributed by atoms with Gasteiger partial charge in [-0.1, -0.05) is 13.8 Å². The molecule has 2 atom stereocenters. The summed E-state index contributed by atoms with van der Waals surface area (Å²) in [5.41, 5.74) is 0.791. The van der Waals surface area contributed by atoms with Crippen LogP contribution in [0.4, 0.5) is 0 Å². The van der Waals surface area contributed by atoms with Crippen molar-refractivity contribution in [1.82, 2.24) is 10.2 Å². The van der Waals surface area contributed by atoms with Gasteiger partial charge in [0.2, 0.25) is 0 Å². The maximum Gasteiger partial charge on any atom is 0.254 e. The highest BCUT2D eigenvalue weighted by Crippen LogP contribution is 2.23. The van der Waals surface area contributed by atoms with Crippen molar-refractivity contribution < 1.29 is 4.79 Å². The van der Waals surface area contributed by atoms with Crippen molar-refractivity contribution in [3.8, 4) is 0 Å². The van der Waals surface area contributed by atoms with Crippen LogP contribution < -0.4 is 5.32 Å². The van der Waals surface area contributed by atoms with Crippen molar-refractivity contribution >= 4 is 17.7 Å². The molecule has 0 radical (unpaired) electrons. The number of rotatable bonds is 3. The second kappa shape index (κ2) is 6.64. The maximum absolute atomic E-state index is 12.6. The van der Waals surface area contributed by atoms with E-state index >= 15 is 0 Å². The van der Waals surface area contributed by atoms with Crippen molar-refractivity contribution in [2.75, 3.05) is 13.1 Å². The predicted octanol–water partition coefficient (Wildman–Crippen LogP) is 3.01. The molecular weight excluding hydrogens is 268 g/mol. The Hall–Kier alpha value is -1.00. The smallest absolute Gasteiger partial charge is 0.254 e. The summed E-state index contributed by atoms with van der Waals surface area (Å²) in [6.07, 6.45) is 0. The third-order valence-electron chi connectivity index (χ3n) is 3.77. The molecule has 1 aromatic carbocycles. The number of benzene rings is 1. The zero-order valence-corrected chi connectivity index (χ0v) is 13.5. The number of hydrogen-bond acceptors (Lipinski definition) is 3. The summed E-state index contributed by atoms with van der Waals surface area (Å²) in [5.74, 6) is 0.145. The maximum atomic E-state index is 12.6. The van der Waals surface area contributed by atoms with Crippen LogP contribution >= 0.6 is 11.8 Å². The molecule has 1 aromatic rings. The number of nitrogens with zero attached hydrogens (tertiary/aromatic N) is 1. The van der Waals surface area contributed by atoms with Crippen LogP contribution in [0.15, 0.2) is 29.2 Å². The van der Waals surface area contributed by atoms with Crippen molar-refractivity contribution in [3.05, 3.63) is 29.8 Å². The Balaban J connectivity index is 2.08. The Kier molecular flexibility index (Phi) is 5.11. The zero-order chi connectivity index (χ0) is 14.7. The highest BCUT2D eigenvalue weighted by Gasteiger charge is 2.28. The van der Waals surface area contributed by atoms with Gasteiger partial charge in [-0.05, 0) is 38.1 Å². The Morgan fingerprint density at radius 1 is 1.30 bits per heavy atom. The summed E-state index contributed by atoms with van der Waals surface area (Å²) >= 11 is 1.82. The molecule has 0 aliphatic carbocycles. The third kappa shape index (κ3) is 3.55. The molecule has 2 unspecified atom stereocenters. The van der Waals surface area contributed by atoms with E-state index in [0.29, 0.717) is 11.3 Å². The van der Waals surface area contributed by atoms with Gasteiger partial charge in [-0.15, -0.1) is 11.8 Å². The Morgan fingerprint density at radius 3 is 2.55 bits per heavy atom. The minimum atomic E-state index is 0.145. The molecule has 1 N–H and O–H groups in total. The van der Waals surface area contributed by atoms with E-state index in [1.165, 1.54) is 4.90 Å². The number of hydrogen-bond donors (Lipinski definition) is 1. The molecule has 0 bridgehead atoms. The Morgan fingerprint density at radius 2 is 1.95 bits per heavy atom. The second-order valence-corrected chi connectivity index (χ2v) is 7.32. The summed E-state index contributed by atoms with van der Waals surface area (Å²) in [7, 11) is 0. The van der Waals surface area contributed by atoms with E-state index < -0.39 is 0 Å². The zero-order valence-electron chi connectivity index (χ0n) is 12.7. The first-order valence-electron chi connectivity index (χ1n) is 7.30. The van der Waals surface area contributed by atoms with E-state index in [1.54, 1.807) is 0 Å². The van der Waals surface area contributed by atoms with Crippen LogP contribution in [0.3, 0.4) is 0 Å². The summed E-state index contributed by atoms with van der Waals surface area (Å²) in [4.78, 5) is 15.8. The number of carbonyl (C=O) groups is 1. The molecule has 0 saturated carbocycles. The van der Waals surface area contributed by atoms with Crippen LogP contribution in [0.5, 0.6) is 0 Å². The molecule has 3 nitrogen and oxygen atoms in total. The molecule has 0 aromatic heterocycles. The minimum absolute atomic E-state index is 0.145.